The third-order valence-corrected chi connectivity index (χ3v) is 4.10. The number of ether oxygens (including phenoxy) is 1. The molecule has 1 aromatic heterocycles. The normalized spacial score (nSPS) is 11.6. The summed E-state index contributed by atoms with van der Waals surface area (Å²) in [5, 5.41) is 6.76. The molecule has 0 aliphatic heterocycles. The average molecular weight is 456 g/mol. The molecule has 0 unspecified atom stereocenters. The van der Waals surface area contributed by atoms with Gasteiger partial charge in [-0.2, -0.15) is 0 Å². The van der Waals surface area contributed by atoms with Crippen molar-refractivity contribution in [3.8, 4) is 5.75 Å². The van der Waals surface area contributed by atoms with Crippen molar-refractivity contribution >= 4 is 29.9 Å². The Hall–Kier alpha value is -1.70. The number of aliphatic imine (C=N–C) groups is 1. The van der Waals surface area contributed by atoms with Gasteiger partial charge in [-0.1, -0.05) is 26.0 Å². The van der Waals surface area contributed by atoms with E-state index in [1.165, 1.54) is 5.56 Å². The van der Waals surface area contributed by atoms with Crippen molar-refractivity contribution in [3.05, 3.63) is 54.4 Å². The van der Waals surface area contributed by atoms with Gasteiger partial charge < -0.3 is 19.9 Å². The van der Waals surface area contributed by atoms with E-state index in [4.69, 9.17) is 4.74 Å². The first kappa shape index (κ1) is 21.3. The van der Waals surface area contributed by atoms with Gasteiger partial charge in [-0.05, 0) is 29.8 Å². The maximum Gasteiger partial charge on any atom is 0.191 e. The number of halogens is 1. The van der Waals surface area contributed by atoms with Crippen LogP contribution in [-0.2, 0) is 12.0 Å². The molecule has 0 atom stereocenters. The van der Waals surface area contributed by atoms with E-state index in [-0.39, 0.29) is 29.4 Å². The highest BCUT2D eigenvalue weighted by Crippen LogP contribution is 2.25. The zero-order valence-electron chi connectivity index (χ0n) is 15.5. The first-order chi connectivity index (χ1) is 11.5. The third kappa shape index (κ3) is 6.61. The highest BCUT2D eigenvalue weighted by molar-refractivity contribution is 14.0. The van der Waals surface area contributed by atoms with E-state index >= 15 is 0 Å². The number of rotatable bonds is 7. The van der Waals surface area contributed by atoms with Crippen molar-refractivity contribution in [3.63, 3.8) is 0 Å². The van der Waals surface area contributed by atoms with Crippen LogP contribution in [0.5, 0.6) is 5.75 Å². The second-order valence-electron chi connectivity index (χ2n) is 6.39. The zero-order valence-corrected chi connectivity index (χ0v) is 17.8. The van der Waals surface area contributed by atoms with Crippen LogP contribution < -0.4 is 15.4 Å². The van der Waals surface area contributed by atoms with Crippen LogP contribution >= 0.6 is 24.0 Å². The van der Waals surface area contributed by atoms with E-state index < -0.39 is 0 Å². The maximum atomic E-state index is 5.33. The number of hydrogen-bond acceptors (Lipinski definition) is 2. The Bertz CT molecular complexity index is 653. The van der Waals surface area contributed by atoms with Crippen molar-refractivity contribution in [1.82, 2.24) is 15.2 Å². The maximum absolute atomic E-state index is 5.33. The third-order valence-electron chi connectivity index (χ3n) is 4.10. The Labute approximate surface area is 167 Å². The first-order valence-electron chi connectivity index (χ1n) is 8.25. The lowest BCUT2D eigenvalue weighted by Crippen LogP contribution is -2.44. The lowest BCUT2D eigenvalue weighted by atomic mass is 9.84. The summed E-state index contributed by atoms with van der Waals surface area (Å²) >= 11 is 0. The Morgan fingerprint density at radius 1 is 1.16 bits per heavy atom. The molecular weight excluding hydrogens is 427 g/mol. The van der Waals surface area contributed by atoms with Crippen LogP contribution in [0, 0.1) is 0 Å². The second-order valence-corrected chi connectivity index (χ2v) is 6.39. The van der Waals surface area contributed by atoms with E-state index in [1.54, 1.807) is 14.2 Å². The van der Waals surface area contributed by atoms with Crippen LogP contribution in [-0.4, -0.2) is 37.8 Å². The van der Waals surface area contributed by atoms with Gasteiger partial charge in [0.1, 0.15) is 5.75 Å². The predicted molar refractivity (Wildman–Crippen MR) is 115 cm³/mol. The summed E-state index contributed by atoms with van der Waals surface area (Å²) < 4.78 is 7.47. The smallest absolute Gasteiger partial charge is 0.191 e. The Morgan fingerprint density at radius 2 is 1.88 bits per heavy atom. The standard InChI is InChI=1S/C19H28N4O.HI/c1-19(2,16-8-7-9-17(14-16)24-4)15-22-18(20-3)21-10-13-23-11-5-6-12-23;/h5-9,11-12,14H,10,13,15H2,1-4H3,(H2,20,21,22);1H. The summed E-state index contributed by atoms with van der Waals surface area (Å²) in [6, 6.07) is 12.3. The fourth-order valence-electron chi connectivity index (χ4n) is 2.49. The van der Waals surface area contributed by atoms with Crippen LogP contribution in [0.3, 0.4) is 0 Å². The number of guanidine groups is 1. The van der Waals surface area contributed by atoms with Crippen LogP contribution in [0.4, 0.5) is 0 Å². The molecule has 0 aliphatic carbocycles. The van der Waals surface area contributed by atoms with Gasteiger partial charge in [0.05, 0.1) is 7.11 Å². The van der Waals surface area contributed by atoms with Gasteiger partial charge >= 0.3 is 0 Å². The summed E-state index contributed by atoms with van der Waals surface area (Å²) in [5.74, 6) is 1.70. The number of hydrogen-bond donors (Lipinski definition) is 2. The summed E-state index contributed by atoms with van der Waals surface area (Å²) in [5.41, 5.74) is 1.20. The van der Waals surface area contributed by atoms with Crippen LogP contribution in [0.15, 0.2) is 53.8 Å². The topological polar surface area (TPSA) is 50.6 Å². The molecule has 0 spiro atoms. The van der Waals surface area contributed by atoms with E-state index in [9.17, 15) is 0 Å². The molecule has 0 saturated carbocycles. The van der Waals surface area contributed by atoms with Crippen molar-refractivity contribution in [2.75, 3.05) is 27.2 Å². The van der Waals surface area contributed by atoms with Crippen LogP contribution in [0.25, 0.3) is 0 Å². The van der Waals surface area contributed by atoms with Gasteiger partial charge in [0.2, 0.25) is 0 Å². The number of nitrogens with one attached hydrogen (secondary N) is 2. The minimum atomic E-state index is -0.0351. The van der Waals surface area contributed by atoms with Gasteiger partial charge in [0.15, 0.2) is 5.96 Å². The summed E-state index contributed by atoms with van der Waals surface area (Å²) in [6.45, 7) is 6.94. The Morgan fingerprint density at radius 3 is 2.52 bits per heavy atom. The number of benzene rings is 1. The summed E-state index contributed by atoms with van der Waals surface area (Å²) in [6.07, 6.45) is 4.12. The van der Waals surface area contributed by atoms with Gasteiger partial charge in [-0.15, -0.1) is 24.0 Å². The molecular formula is C19H29IN4O. The molecule has 0 amide bonds. The van der Waals surface area contributed by atoms with Crippen LogP contribution in [0.2, 0.25) is 0 Å². The SMILES string of the molecule is CN=C(NCCn1cccc1)NCC(C)(C)c1cccc(OC)c1.I. The Balaban J connectivity index is 0.00000312. The predicted octanol–water partition coefficient (Wildman–Crippen LogP) is 3.26. The van der Waals surface area contributed by atoms with E-state index in [0.717, 1.165) is 31.3 Å². The van der Waals surface area contributed by atoms with Crippen LogP contribution in [0.1, 0.15) is 19.4 Å². The summed E-state index contributed by atoms with van der Waals surface area (Å²) in [7, 11) is 3.49. The quantitative estimate of drug-likeness (QED) is 0.382. The molecule has 0 aliphatic rings. The number of nitrogens with zero attached hydrogens (tertiary/aromatic N) is 2. The molecule has 0 fully saturated rings. The molecule has 2 rings (SSSR count). The van der Waals surface area contributed by atoms with E-state index in [0.29, 0.717) is 0 Å². The molecule has 2 N–H and O–H groups in total. The molecule has 1 aromatic carbocycles. The molecule has 0 radical (unpaired) electrons. The fourth-order valence-corrected chi connectivity index (χ4v) is 2.49. The monoisotopic (exact) mass is 456 g/mol. The fraction of sp³-hybridized carbons (Fsp3) is 0.421. The zero-order chi connectivity index (χ0) is 17.4. The molecule has 25 heavy (non-hydrogen) atoms. The Kier molecular flexibility index (Phi) is 8.82. The van der Waals surface area contributed by atoms with Gasteiger partial charge in [0.25, 0.3) is 0 Å². The van der Waals surface area contributed by atoms with Gasteiger partial charge in [-0.3, -0.25) is 4.99 Å². The van der Waals surface area contributed by atoms with Crippen molar-refractivity contribution in [2.24, 2.45) is 4.99 Å². The largest absolute Gasteiger partial charge is 0.497 e. The molecule has 5 nitrogen and oxygen atoms in total. The number of aromatic nitrogens is 1. The van der Waals surface area contributed by atoms with E-state index in [1.807, 2.05) is 24.3 Å². The number of methoxy groups -OCH3 is 1. The molecule has 0 bridgehead atoms. The molecule has 0 saturated heterocycles. The lowest BCUT2D eigenvalue weighted by Gasteiger charge is -2.27. The molecule has 2 aromatic rings. The highest BCUT2D eigenvalue weighted by Gasteiger charge is 2.21. The minimum Gasteiger partial charge on any atom is -0.497 e. The second kappa shape index (κ2) is 10.3. The lowest BCUT2D eigenvalue weighted by molar-refractivity contribution is 0.411. The average Bonchev–Trinajstić information content (AvgIpc) is 3.11. The van der Waals surface area contributed by atoms with Gasteiger partial charge in [-0.25, -0.2) is 0 Å². The molecule has 1 heterocycles. The molecule has 6 heteroatoms. The minimum absolute atomic E-state index is 0. The molecule has 138 valence electrons. The highest BCUT2D eigenvalue weighted by atomic mass is 127. The van der Waals surface area contributed by atoms with E-state index in [2.05, 4.69) is 58.6 Å². The van der Waals surface area contributed by atoms with Gasteiger partial charge in [0, 0.05) is 44.5 Å². The summed E-state index contributed by atoms with van der Waals surface area (Å²) in [4.78, 5) is 4.30. The van der Waals surface area contributed by atoms with Crippen molar-refractivity contribution in [2.45, 2.75) is 25.8 Å². The van der Waals surface area contributed by atoms with Crippen molar-refractivity contribution in [1.29, 1.82) is 0 Å². The first-order valence-corrected chi connectivity index (χ1v) is 8.25. The van der Waals surface area contributed by atoms with Crippen molar-refractivity contribution < 1.29 is 4.74 Å².